The molecule has 0 heterocycles. The zero-order chi connectivity index (χ0) is 45.2. The van der Waals surface area contributed by atoms with Crippen molar-refractivity contribution in [3.05, 3.63) is 74.4 Å². The maximum Gasteiger partial charge on any atom is 4.00 e. The second-order valence-electron chi connectivity index (χ2n) is 25.2. The van der Waals surface area contributed by atoms with Gasteiger partial charge in [0.05, 0.1) is 48.4 Å². The Labute approximate surface area is 424 Å². The standard InChI is InChI=1S/C51H87Si7.3ClH.Ti/c1-33-29-42(52(11,12)13)38(6)48(55(20,21)22)45(33)58(51(10)32-36(4)37(5)41(51)9,46-34(2)30-43(53(14,15)16)39(7)49(46)56(23,24)25)47-35(3)31-44(54(17,18)19)40(8)50(47)57(26,27)28;;;;/h29-31H,1-28H3;3*1H;/q-1;;;;+4/p-3. The molecule has 11 heteroatoms. The van der Waals surface area contributed by atoms with Crippen LogP contribution in [0.15, 0.2) is 34.9 Å². The topological polar surface area (TPSA) is 0 Å². The molecule has 0 nitrogen and oxygen atoms in total. The molecule has 0 aromatic heterocycles. The van der Waals surface area contributed by atoms with E-state index in [-0.39, 0.29) is 64.0 Å². The van der Waals surface area contributed by atoms with E-state index in [2.05, 4.69) is 211 Å². The van der Waals surface area contributed by atoms with Crippen molar-refractivity contribution >= 4 is 103 Å². The monoisotopic (exact) mass is 1050 g/mol. The van der Waals surface area contributed by atoms with E-state index in [9.17, 15) is 0 Å². The average Bonchev–Trinajstić information content (AvgIpc) is 3.20. The molecular formula is C51H87Cl3Si7Ti. The minimum atomic E-state index is -3.24. The normalized spacial score (nSPS) is 16.6. The fourth-order valence-electron chi connectivity index (χ4n) is 12.1. The first-order valence-electron chi connectivity index (χ1n) is 22.5. The van der Waals surface area contributed by atoms with Crippen LogP contribution in [-0.4, -0.2) is 56.5 Å². The number of rotatable bonds is 10. The molecule has 0 spiro atoms. The molecule has 0 bridgehead atoms. The molecule has 4 rings (SSSR count). The van der Waals surface area contributed by atoms with Crippen LogP contribution in [0.1, 0.15) is 61.1 Å². The molecule has 3 aromatic rings. The molecule has 0 N–H and O–H groups in total. The van der Waals surface area contributed by atoms with Gasteiger partial charge in [-0.25, -0.2) is 5.57 Å². The molecule has 1 aliphatic rings. The Morgan fingerprint density at radius 3 is 0.758 bits per heavy atom. The van der Waals surface area contributed by atoms with Crippen LogP contribution in [0.25, 0.3) is 0 Å². The summed E-state index contributed by atoms with van der Waals surface area (Å²) in [6.07, 6.45) is 4.55. The van der Waals surface area contributed by atoms with Crippen molar-refractivity contribution in [1.82, 2.24) is 0 Å². The Bertz CT molecular complexity index is 2040. The molecular weight excluding hydrogens is 963 g/mol. The Hall–Kier alpha value is 0.242. The minimum Gasteiger partial charge on any atom is -1.00 e. The number of hydrogen-bond acceptors (Lipinski definition) is 0. The van der Waals surface area contributed by atoms with Gasteiger partial charge in [-0.05, 0) is 57.1 Å². The number of halogens is 3. The van der Waals surface area contributed by atoms with Crippen LogP contribution >= 0.6 is 0 Å². The third kappa shape index (κ3) is 10.4. The molecule has 0 aliphatic heterocycles. The van der Waals surface area contributed by atoms with Crippen LogP contribution in [0.4, 0.5) is 0 Å². The van der Waals surface area contributed by atoms with Crippen molar-refractivity contribution < 1.29 is 58.9 Å². The Balaban J connectivity index is 0.00000930. The van der Waals surface area contributed by atoms with Gasteiger partial charge in [0, 0.05) is 0 Å². The molecule has 0 amide bonds. The van der Waals surface area contributed by atoms with Crippen LogP contribution in [-0.2, 0) is 21.7 Å². The van der Waals surface area contributed by atoms with Crippen LogP contribution in [0.3, 0.4) is 0 Å². The number of aryl methyl sites for hydroxylation is 3. The smallest absolute Gasteiger partial charge is 1.00 e. The van der Waals surface area contributed by atoms with Gasteiger partial charge in [-0.15, -0.1) is 6.92 Å². The molecule has 3 aromatic carbocycles. The van der Waals surface area contributed by atoms with Gasteiger partial charge >= 0.3 is 21.7 Å². The average molecular weight is 1050 g/mol. The minimum absolute atomic E-state index is 0. The van der Waals surface area contributed by atoms with Crippen LogP contribution in [0, 0.1) is 47.6 Å². The largest absolute Gasteiger partial charge is 4.00 e. The summed E-state index contributed by atoms with van der Waals surface area (Å²) in [5, 5.41) is 15.3. The maximum atomic E-state index is 4.55. The third-order valence-electron chi connectivity index (χ3n) is 14.2. The van der Waals surface area contributed by atoms with Gasteiger partial charge in [-0.1, -0.05) is 226 Å². The number of allylic oxidation sites excluding steroid dienone is 4. The van der Waals surface area contributed by atoms with E-state index in [1.807, 2.05) is 0 Å². The van der Waals surface area contributed by atoms with E-state index in [4.69, 9.17) is 0 Å². The Kier molecular flexibility index (Phi) is 19.8. The summed E-state index contributed by atoms with van der Waals surface area (Å²) in [7, 11) is -14.3. The zero-order valence-electron chi connectivity index (χ0n) is 44.9. The molecule has 0 fully saturated rings. The van der Waals surface area contributed by atoms with Gasteiger partial charge in [0.25, 0.3) is 0 Å². The van der Waals surface area contributed by atoms with Gasteiger partial charge in [0.15, 0.2) is 0 Å². The zero-order valence-corrected chi connectivity index (χ0v) is 55.7. The fourth-order valence-corrected chi connectivity index (χ4v) is 36.9. The predicted molar refractivity (Wildman–Crippen MR) is 289 cm³/mol. The van der Waals surface area contributed by atoms with Crippen molar-refractivity contribution in [1.29, 1.82) is 0 Å². The molecule has 1 atom stereocenters. The maximum absolute atomic E-state index is 4.55. The second kappa shape index (κ2) is 19.7. The van der Waals surface area contributed by atoms with Crippen LogP contribution < -0.4 is 83.9 Å². The molecule has 62 heavy (non-hydrogen) atoms. The van der Waals surface area contributed by atoms with Crippen molar-refractivity contribution in [2.24, 2.45) is 0 Å². The quantitative estimate of drug-likeness (QED) is 0.163. The summed E-state index contributed by atoms with van der Waals surface area (Å²) < 4.78 is 0. The van der Waals surface area contributed by atoms with E-state index in [0.29, 0.717) is 0 Å². The van der Waals surface area contributed by atoms with Crippen molar-refractivity contribution in [2.45, 2.75) is 192 Å². The van der Waals surface area contributed by atoms with Crippen LogP contribution in [0.2, 0.25) is 123 Å². The Morgan fingerprint density at radius 2 is 0.597 bits per heavy atom. The van der Waals surface area contributed by atoms with Crippen molar-refractivity contribution in [3.63, 3.8) is 0 Å². The summed E-state index contributed by atoms with van der Waals surface area (Å²) >= 11 is 0. The fraction of sp³-hybridized carbons (Fsp3) is 0.569. The van der Waals surface area contributed by atoms with Crippen LogP contribution in [0.5, 0.6) is 0 Å². The summed E-state index contributed by atoms with van der Waals surface area (Å²) in [5.41, 5.74) is 14.0. The van der Waals surface area contributed by atoms with Gasteiger partial charge in [-0.2, -0.15) is 11.1 Å². The second-order valence-corrected chi connectivity index (χ2v) is 59.3. The molecule has 0 saturated heterocycles. The van der Waals surface area contributed by atoms with E-state index < -0.39 is 56.5 Å². The molecule has 0 radical (unpaired) electrons. The molecule has 344 valence electrons. The van der Waals surface area contributed by atoms with E-state index in [1.165, 1.54) is 11.1 Å². The van der Waals surface area contributed by atoms with Crippen molar-refractivity contribution in [2.75, 3.05) is 0 Å². The van der Waals surface area contributed by atoms with Gasteiger partial charge in [0.1, 0.15) is 8.07 Å². The molecule has 1 aliphatic carbocycles. The third-order valence-corrected chi connectivity index (χ3v) is 33.9. The molecule has 0 saturated carbocycles. The van der Waals surface area contributed by atoms with E-state index in [1.54, 1.807) is 85.6 Å². The first-order valence-corrected chi connectivity index (χ1v) is 45.5. The Morgan fingerprint density at radius 1 is 0.371 bits per heavy atom. The van der Waals surface area contributed by atoms with E-state index in [0.717, 1.165) is 0 Å². The van der Waals surface area contributed by atoms with Crippen molar-refractivity contribution in [3.8, 4) is 0 Å². The summed E-state index contributed by atoms with van der Waals surface area (Å²) in [6, 6.07) is 8.26. The summed E-state index contributed by atoms with van der Waals surface area (Å²) in [5.74, 6) is 0. The SMILES string of the molecule is CC1=[C-]C(C)([Si](c2c(C)cc([Si](C)(C)C)c(C)c2[Si](C)(C)C)(c2c(C)cc([Si](C)(C)C)c(C)c2[Si](C)(C)C)c2c(C)cc([Si](C)(C)C)c(C)c2[Si](C)(C)C)C(C)=C1C.[Cl-].[Cl-].[Cl-].[Ti+4]. The summed E-state index contributed by atoms with van der Waals surface area (Å²) in [6.45, 7) is 72.8. The van der Waals surface area contributed by atoms with E-state index >= 15 is 0 Å². The first-order chi connectivity index (χ1) is 25.7. The van der Waals surface area contributed by atoms with Gasteiger partial charge < -0.3 is 37.2 Å². The summed E-state index contributed by atoms with van der Waals surface area (Å²) in [4.78, 5) is 0. The first kappa shape index (κ1) is 62.2. The van der Waals surface area contributed by atoms with Gasteiger partial charge in [0.2, 0.25) is 0 Å². The number of benzene rings is 3. The number of hydrogen-bond donors (Lipinski definition) is 0. The van der Waals surface area contributed by atoms with Gasteiger partial charge in [-0.3, -0.25) is 6.08 Å². The predicted octanol–water partition coefficient (Wildman–Crippen LogP) is 1.15. The molecule has 1 unspecified atom stereocenters.